The van der Waals surface area contributed by atoms with E-state index in [1.54, 1.807) is 0 Å². The van der Waals surface area contributed by atoms with Gasteiger partial charge in [0, 0.05) is 38.0 Å². The van der Waals surface area contributed by atoms with Crippen molar-refractivity contribution in [2.24, 2.45) is 0 Å². The Bertz CT molecular complexity index is 309. The number of anilines is 1. The molecule has 1 aliphatic heterocycles. The van der Waals surface area contributed by atoms with Crippen molar-refractivity contribution < 1.29 is 4.74 Å². The molecule has 0 saturated carbocycles. The maximum Gasteiger partial charge on any atom is 0.0480 e. The lowest BCUT2D eigenvalue weighted by molar-refractivity contribution is 0.0443. The van der Waals surface area contributed by atoms with Gasteiger partial charge in [0.05, 0.1) is 0 Å². The Morgan fingerprint density at radius 2 is 1.94 bits per heavy atom. The molecule has 1 heterocycles. The predicted octanol–water partition coefficient (Wildman–Crippen LogP) is 2.21. The number of likely N-dealkylation sites (N-methyl/N-ethyl adjacent to an activating group) is 1. The van der Waals surface area contributed by atoms with Crippen LogP contribution in [-0.4, -0.2) is 44.3 Å². The molecule has 0 bridgehead atoms. The third-order valence-corrected chi connectivity index (χ3v) is 3.38. The average Bonchev–Trinajstić information content (AvgIpc) is 2.41. The number of nitrogens with zero attached hydrogens (tertiary/aromatic N) is 1. The zero-order chi connectivity index (χ0) is 11.9. The summed E-state index contributed by atoms with van der Waals surface area (Å²) in [5.74, 6) is 0. The van der Waals surface area contributed by atoms with Gasteiger partial charge in [-0.2, -0.15) is 0 Å². The van der Waals surface area contributed by atoms with Crippen LogP contribution in [0, 0.1) is 0 Å². The van der Waals surface area contributed by atoms with E-state index in [0.29, 0.717) is 6.04 Å². The van der Waals surface area contributed by atoms with Crippen LogP contribution in [0.5, 0.6) is 0 Å². The highest BCUT2D eigenvalue weighted by Gasteiger charge is 2.17. The van der Waals surface area contributed by atoms with Crippen molar-refractivity contribution in [2.75, 3.05) is 38.7 Å². The Morgan fingerprint density at radius 1 is 1.24 bits per heavy atom. The lowest BCUT2D eigenvalue weighted by Crippen LogP contribution is -2.39. The highest BCUT2D eigenvalue weighted by molar-refractivity contribution is 5.42. The molecule has 3 heteroatoms. The first-order chi connectivity index (χ1) is 8.36. The highest BCUT2D eigenvalue weighted by atomic mass is 16.5. The SMILES string of the molecule is CN(CCNc1ccccc1)C1CCOCC1. The summed E-state index contributed by atoms with van der Waals surface area (Å²) in [6, 6.07) is 11.1. The fourth-order valence-corrected chi connectivity index (χ4v) is 2.24. The van der Waals surface area contributed by atoms with Gasteiger partial charge in [0.2, 0.25) is 0 Å². The number of nitrogens with one attached hydrogen (secondary N) is 1. The minimum Gasteiger partial charge on any atom is -0.384 e. The van der Waals surface area contributed by atoms with Crippen molar-refractivity contribution in [3.63, 3.8) is 0 Å². The fourth-order valence-electron chi connectivity index (χ4n) is 2.24. The standard InChI is InChI=1S/C14H22N2O/c1-16(14-7-11-17-12-8-14)10-9-15-13-5-3-2-4-6-13/h2-6,14-15H,7-12H2,1H3. The smallest absolute Gasteiger partial charge is 0.0480 e. The second-order valence-electron chi connectivity index (χ2n) is 4.62. The van der Waals surface area contributed by atoms with E-state index in [4.69, 9.17) is 4.74 Å². The van der Waals surface area contributed by atoms with Gasteiger partial charge in [-0.05, 0) is 32.0 Å². The summed E-state index contributed by atoms with van der Waals surface area (Å²) >= 11 is 0. The topological polar surface area (TPSA) is 24.5 Å². The van der Waals surface area contributed by atoms with Crippen molar-refractivity contribution in [2.45, 2.75) is 18.9 Å². The van der Waals surface area contributed by atoms with Gasteiger partial charge in [-0.1, -0.05) is 18.2 Å². The first-order valence-electron chi connectivity index (χ1n) is 6.43. The third-order valence-electron chi connectivity index (χ3n) is 3.38. The van der Waals surface area contributed by atoms with E-state index in [1.807, 2.05) is 6.07 Å². The molecule has 1 aromatic carbocycles. The first kappa shape index (κ1) is 12.4. The second-order valence-corrected chi connectivity index (χ2v) is 4.62. The second kappa shape index (κ2) is 6.62. The summed E-state index contributed by atoms with van der Waals surface area (Å²) < 4.78 is 5.38. The summed E-state index contributed by atoms with van der Waals surface area (Å²) in [4.78, 5) is 2.44. The molecule has 3 nitrogen and oxygen atoms in total. The average molecular weight is 234 g/mol. The summed E-state index contributed by atoms with van der Waals surface area (Å²) in [6.07, 6.45) is 2.34. The van der Waals surface area contributed by atoms with Crippen LogP contribution in [0.25, 0.3) is 0 Å². The van der Waals surface area contributed by atoms with Gasteiger partial charge in [0.25, 0.3) is 0 Å². The Labute approximate surface area is 104 Å². The predicted molar refractivity (Wildman–Crippen MR) is 71.4 cm³/mol. The molecule has 0 spiro atoms. The van der Waals surface area contributed by atoms with Gasteiger partial charge in [0.15, 0.2) is 0 Å². The minimum absolute atomic E-state index is 0.696. The van der Waals surface area contributed by atoms with Crippen molar-refractivity contribution >= 4 is 5.69 Å². The summed E-state index contributed by atoms with van der Waals surface area (Å²) in [5, 5.41) is 3.44. The molecule has 1 N–H and O–H groups in total. The third kappa shape index (κ3) is 4.02. The Kier molecular flexibility index (Phi) is 4.83. The molecule has 1 aliphatic rings. The molecule has 0 amide bonds. The maximum absolute atomic E-state index is 5.38. The summed E-state index contributed by atoms with van der Waals surface area (Å²) in [7, 11) is 2.21. The molecule has 94 valence electrons. The van der Waals surface area contributed by atoms with E-state index in [-0.39, 0.29) is 0 Å². The van der Waals surface area contributed by atoms with Crippen LogP contribution in [0.2, 0.25) is 0 Å². The number of ether oxygens (including phenoxy) is 1. The van der Waals surface area contributed by atoms with E-state index < -0.39 is 0 Å². The maximum atomic E-state index is 5.38. The number of rotatable bonds is 5. The largest absolute Gasteiger partial charge is 0.384 e. The molecule has 2 rings (SSSR count). The molecular formula is C14H22N2O. The van der Waals surface area contributed by atoms with Crippen molar-refractivity contribution in [1.29, 1.82) is 0 Å². The van der Waals surface area contributed by atoms with Crippen LogP contribution < -0.4 is 5.32 Å². The van der Waals surface area contributed by atoms with Crippen LogP contribution in [0.1, 0.15) is 12.8 Å². The van der Waals surface area contributed by atoms with Crippen LogP contribution >= 0.6 is 0 Å². The number of para-hydroxylation sites is 1. The van der Waals surface area contributed by atoms with Gasteiger partial charge in [-0.25, -0.2) is 0 Å². The van der Waals surface area contributed by atoms with Crippen LogP contribution in [0.4, 0.5) is 5.69 Å². The van der Waals surface area contributed by atoms with E-state index >= 15 is 0 Å². The van der Waals surface area contributed by atoms with E-state index in [0.717, 1.165) is 26.3 Å². The molecule has 0 atom stereocenters. The normalized spacial score (nSPS) is 17.3. The molecule has 0 aromatic heterocycles. The van der Waals surface area contributed by atoms with E-state index in [2.05, 4.69) is 41.5 Å². The molecule has 0 unspecified atom stereocenters. The molecule has 1 fully saturated rings. The lowest BCUT2D eigenvalue weighted by atomic mass is 10.1. The molecule has 17 heavy (non-hydrogen) atoms. The zero-order valence-electron chi connectivity index (χ0n) is 10.6. The molecule has 1 saturated heterocycles. The molecule has 0 aliphatic carbocycles. The molecular weight excluding hydrogens is 212 g/mol. The Morgan fingerprint density at radius 3 is 2.65 bits per heavy atom. The first-order valence-corrected chi connectivity index (χ1v) is 6.43. The van der Waals surface area contributed by atoms with Crippen LogP contribution in [0.3, 0.4) is 0 Å². The van der Waals surface area contributed by atoms with E-state index in [1.165, 1.54) is 18.5 Å². The lowest BCUT2D eigenvalue weighted by Gasteiger charge is -2.31. The van der Waals surface area contributed by atoms with Gasteiger partial charge in [0.1, 0.15) is 0 Å². The quantitative estimate of drug-likeness (QED) is 0.845. The van der Waals surface area contributed by atoms with Gasteiger partial charge in [-0.15, -0.1) is 0 Å². The number of hydrogen-bond donors (Lipinski definition) is 1. The molecule has 0 radical (unpaired) electrons. The zero-order valence-corrected chi connectivity index (χ0v) is 10.6. The minimum atomic E-state index is 0.696. The van der Waals surface area contributed by atoms with Gasteiger partial charge < -0.3 is 15.0 Å². The van der Waals surface area contributed by atoms with Gasteiger partial charge in [-0.3, -0.25) is 0 Å². The fraction of sp³-hybridized carbons (Fsp3) is 0.571. The van der Waals surface area contributed by atoms with Gasteiger partial charge >= 0.3 is 0 Å². The summed E-state index contributed by atoms with van der Waals surface area (Å²) in [5.41, 5.74) is 1.20. The van der Waals surface area contributed by atoms with Crippen molar-refractivity contribution in [3.05, 3.63) is 30.3 Å². The summed E-state index contributed by atoms with van der Waals surface area (Å²) in [6.45, 7) is 3.92. The number of benzene rings is 1. The van der Waals surface area contributed by atoms with Crippen LogP contribution in [0.15, 0.2) is 30.3 Å². The van der Waals surface area contributed by atoms with E-state index in [9.17, 15) is 0 Å². The molecule has 1 aromatic rings. The Hall–Kier alpha value is -1.06. The Balaban J connectivity index is 1.67. The number of hydrogen-bond acceptors (Lipinski definition) is 3. The highest BCUT2D eigenvalue weighted by Crippen LogP contribution is 2.12. The van der Waals surface area contributed by atoms with Crippen molar-refractivity contribution in [3.8, 4) is 0 Å². The van der Waals surface area contributed by atoms with Crippen molar-refractivity contribution in [1.82, 2.24) is 4.90 Å². The van der Waals surface area contributed by atoms with Crippen LogP contribution in [-0.2, 0) is 4.74 Å². The monoisotopic (exact) mass is 234 g/mol.